The topological polar surface area (TPSA) is 37.9 Å². The second-order valence-corrected chi connectivity index (χ2v) is 4.09. The van der Waals surface area contributed by atoms with Crippen molar-refractivity contribution in [3.05, 3.63) is 46.5 Å². The van der Waals surface area contributed by atoms with Gasteiger partial charge in [0.25, 0.3) is 0 Å². The molecule has 0 amide bonds. The smallest absolute Gasteiger partial charge is 0.146 e. The first-order chi connectivity index (χ1) is 7.25. The second kappa shape index (κ2) is 4.49. The minimum absolute atomic E-state index is 0.461. The number of halogens is 1. The maximum Gasteiger partial charge on any atom is 0.146 e. The second-order valence-electron chi connectivity index (χ2n) is 3.24. The third kappa shape index (κ3) is 2.59. The highest BCUT2D eigenvalue weighted by Crippen LogP contribution is 2.22. The van der Waals surface area contributed by atoms with Crippen molar-refractivity contribution >= 4 is 15.9 Å². The predicted octanol–water partition coefficient (Wildman–Crippen LogP) is 3.06. The summed E-state index contributed by atoms with van der Waals surface area (Å²) in [5.74, 6) is 1.66. The lowest BCUT2D eigenvalue weighted by atomic mass is 10.2. The molecule has 2 rings (SSSR count). The minimum Gasteiger partial charge on any atom is -0.486 e. The summed E-state index contributed by atoms with van der Waals surface area (Å²) in [5, 5.41) is 0. The Balaban J connectivity index is 2.02. The Morgan fingerprint density at radius 2 is 2.33 bits per heavy atom. The minimum atomic E-state index is 0.461. The highest BCUT2D eigenvalue weighted by molar-refractivity contribution is 9.10. The summed E-state index contributed by atoms with van der Waals surface area (Å²) in [7, 11) is 0. The van der Waals surface area contributed by atoms with E-state index < -0.39 is 0 Å². The van der Waals surface area contributed by atoms with E-state index in [0.717, 1.165) is 16.0 Å². The fourth-order valence-electron chi connectivity index (χ4n) is 1.19. The Morgan fingerprint density at radius 1 is 1.47 bits per heavy atom. The number of H-pyrrole nitrogens is 1. The average Bonchev–Trinajstić information content (AvgIpc) is 2.73. The van der Waals surface area contributed by atoms with E-state index in [1.54, 1.807) is 12.4 Å². The van der Waals surface area contributed by atoms with E-state index in [0.29, 0.717) is 6.61 Å². The molecule has 1 aromatic carbocycles. The molecule has 2 aromatic rings. The Morgan fingerprint density at radius 3 is 3.00 bits per heavy atom. The van der Waals surface area contributed by atoms with Gasteiger partial charge in [-0.1, -0.05) is 22.0 Å². The van der Waals surface area contributed by atoms with E-state index in [2.05, 4.69) is 25.9 Å². The first-order valence-electron chi connectivity index (χ1n) is 4.63. The normalized spacial score (nSPS) is 10.3. The van der Waals surface area contributed by atoms with Gasteiger partial charge in [-0.2, -0.15) is 0 Å². The van der Waals surface area contributed by atoms with Crippen molar-refractivity contribution in [2.75, 3.05) is 0 Å². The molecule has 1 N–H and O–H groups in total. The van der Waals surface area contributed by atoms with Gasteiger partial charge >= 0.3 is 0 Å². The molecule has 0 radical (unpaired) electrons. The largest absolute Gasteiger partial charge is 0.486 e. The fourth-order valence-corrected chi connectivity index (χ4v) is 1.55. The average molecular weight is 267 g/mol. The molecule has 0 unspecified atom stereocenters. The lowest BCUT2D eigenvalue weighted by Gasteiger charge is -2.05. The van der Waals surface area contributed by atoms with Gasteiger partial charge in [0.15, 0.2) is 0 Å². The van der Waals surface area contributed by atoms with E-state index in [9.17, 15) is 0 Å². The molecule has 0 aliphatic heterocycles. The van der Waals surface area contributed by atoms with E-state index >= 15 is 0 Å². The monoisotopic (exact) mass is 266 g/mol. The van der Waals surface area contributed by atoms with Gasteiger partial charge in [-0.3, -0.25) is 0 Å². The third-order valence-corrected chi connectivity index (χ3v) is 2.93. The maximum absolute atomic E-state index is 5.56. The molecule has 1 aromatic heterocycles. The summed E-state index contributed by atoms with van der Waals surface area (Å²) in [6, 6.07) is 5.92. The summed E-state index contributed by atoms with van der Waals surface area (Å²) < 4.78 is 6.62. The molecule has 0 fully saturated rings. The Labute approximate surface area is 96.6 Å². The van der Waals surface area contributed by atoms with Crippen molar-refractivity contribution in [1.29, 1.82) is 0 Å². The highest BCUT2D eigenvalue weighted by Gasteiger charge is 2.00. The first-order valence-corrected chi connectivity index (χ1v) is 5.42. The number of aryl methyl sites for hydroxylation is 1. The van der Waals surface area contributed by atoms with Gasteiger partial charge in [0.05, 0.1) is 0 Å². The number of nitrogens with zero attached hydrogens (tertiary/aromatic N) is 1. The van der Waals surface area contributed by atoms with Crippen molar-refractivity contribution in [3.63, 3.8) is 0 Å². The summed E-state index contributed by atoms with van der Waals surface area (Å²) in [4.78, 5) is 7.06. The van der Waals surface area contributed by atoms with Crippen molar-refractivity contribution < 1.29 is 4.74 Å². The summed E-state index contributed by atoms with van der Waals surface area (Å²) in [6.45, 7) is 2.50. The number of hydrogen-bond acceptors (Lipinski definition) is 2. The highest BCUT2D eigenvalue weighted by atomic mass is 79.9. The molecular formula is C11H11BrN2O. The van der Waals surface area contributed by atoms with E-state index in [-0.39, 0.29) is 0 Å². The summed E-state index contributed by atoms with van der Waals surface area (Å²) in [6.07, 6.45) is 3.49. The van der Waals surface area contributed by atoms with Gasteiger partial charge in [-0.25, -0.2) is 4.98 Å². The molecule has 0 saturated carbocycles. The summed E-state index contributed by atoms with van der Waals surface area (Å²) >= 11 is 3.46. The lowest BCUT2D eigenvalue weighted by molar-refractivity contribution is 0.297. The molecule has 1 heterocycles. The Bertz CT molecular complexity index is 440. The lowest BCUT2D eigenvalue weighted by Crippen LogP contribution is -1.97. The molecule has 0 saturated heterocycles. The van der Waals surface area contributed by atoms with E-state index in [1.165, 1.54) is 5.56 Å². The van der Waals surface area contributed by atoms with Crippen LogP contribution in [0.15, 0.2) is 35.1 Å². The molecule has 0 atom stereocenters. The number of ether oxygens (including phenoxy) is 1. The van der Waals surface area contributed by atoms with Gasteiger partial charge < -0.3 is 9.72 Å². The molecule has 4 heteroatoms. The standard InChI is InChI=1S/C11H11BrN2O/c1-8-2-3-9(6-10(8)12)15-7-11-13-4-5-14-11/h2-6H,7H2,1H3,(H,13,14). The predicted molar refractivity (Wildman–Crippen MR) is 61.8 cm³/mol. The van der Waals surface area contributed by atoms with Gasteiger partial charge in [0.1, 0.15) is 18.2 Å². The molecule has 15 heavy (non-hydrogen) atoms. The zero-order valence-corrected chi connectivity index (χ0v) is 9.91. The molecule has 78 valence electrons. The molecular weight excluding hydrogens is 256 g/mol. The van der Waals surface area contributed by atoms with Crippen molar-refractivity contribution in [1.82, 2.24) is 9.97 Å². The molecule has 0 spiro atoms. The summed E-state index contributed by atoms with van der Waals surface area (Å²) in [5.41, 5.74) is 1.19. The number of aromatic amines is 1. The van der Waals surface area contributed by atoms with Crippen LogP contribution in [0.3, 0.4) is 0 Å². The zero-order valence-electron chi connectivity index (χ0n) is 8.33. The van der Waals surface area contributed by atoms with Crippen molar-refractivity contribution in [2.45, 2.75) is 13.5 Å². The van der Waals surface area contributed by atoms with Gasteiger partial charge in [-0.15, -0.1) is 0 Å². The third-order valence-electron chi connectivity index (χ3n) is 2.07. The van der Waals surface area contributed by atoms with E-state index in [4.69, 9.17) is 4.74 Å². The van der Waals surface area contributed by atoms with Gasteiger partial charge in [0.2, 0.25) is 0 Å². The van der Waals surface area contributed by atoms with Crippen LogP contribution in [0, 0.1) is 6.92 Å². The maximum atomic E-state index is 5.56. The van der Waals surface area contributed by atoms with Crippen LogP contribution in [0.25, 0.3) is 0 Å². The molecule has 3 nitrogen and oxygen atoms in total. The zero-order chi connectivity index (χ0) is 10.7. The van der Waals surface area contributed by atoms with Gasteiger partial charge in [-0.05, 0) is 24.6 Å². The number of aromatic nitrogens is 2. The van der Waals surface area contributed by atoms with Crippen LogP contribution in [0.5, 0.6) is 5.75 Å². The van der Waals surface area contributed by atoms with Crippen LogP contribution in [-0.2, 0) is 6.61 Å². The number of hydrogen-bond donors (Lipinski definition) is 1. The molecule has 0 aliphatic rings. The van der Waals surface area contributed by atoms with Gasteiger partial charge in [0, 0.05) is 16.9 Å². The van der Waals surface area contributed by atoms with Crippen LogP contribution in [-0.4, -0.2) is 9.97 Å². The van der Waals surface area contributed by atoms with Crippen molar-refractivity contribution in [3.8, 4) is 5.75 Å². The Kier molecular flexibility index (Phi) is 3.06. The number of rotatable bonds is 3. The molecule has 0 bridgehead atoms. The van der Waals surface area contributed by atoms with Crippen LogP contribution in [0.1, 0.15) is 11.4 Å². The fraction of sp³-hybridized carbons (Fsp3) is 0.182. The number of imidazole rings is 1. The Hall–Kier alpha value is -1.29. The van der Waals surface area contributed by atoms with Crippen LogP contribution < -0.4 is 4.74 Å². The van der Waals surface area contributed by atoms with E-state index in [1.807, 2.05) is 25.1 Å². The van der Waals surface area contributed by atoms with Crippen molar-refractivity contribution in [2.24, 2.45) is 0 Å². The SMILES string of the molecule is Cc1ccc(OCc2ncc[nH]2)cc1Br. The molecule has 0 aliphatic carbocycles. The quantitative estimate of drug-likeness (QED) is 0.928. The van der Waals surface area contributed by atoms with Crippen LogP contribution in [0.2, 0.25) is 0 Å². The first kappa shape index (κ1) is 10.2. The van der Waals surface area contributed by atoms with Crippen LogP contribution >= 0.6 is 15.9 Å². The number of benzene rings is 1. The van der Waals surface area contributed by atoms with Crippen LogP contribution in [0.4, 0.5) is 0 Å². The number of nitrogens with one attached hydrogen (secondary N) is 1.